The number of hydrogen-bond acceptors (Lipinski definition) is 4. The number of benzene rings is 1. The first-order valence-corrected chi connectivity index (χ1v) is 7.35. The molecule has 1 aliphatic heterocycles. The number of aryl methyl sites for hydroxylation is 1. The van der Waals surface area contributed by atoms with E-state index < -0.39 is 0 Å². The van der Waals surface area contributed by atoms with E-state index in [1.807, 2.05) is 0 Å². The molecule has 1 aromatic heterocycles. The molecule has 116 valence electrons. The van der Waals surface area contributed by atoms with Crippen molar-refractivity contribution in [3.63, 3.8) is 0 Å². The number of amides is 1. The first kappa shape index (κ1) is 14.6. The number of anilines is 1. The van der Waals surface area contributed by atoms with Gasteiger partial charge in [-0.15, -0.1) is 0 Å². The van der Waals surface area contributed by atoms with E-state index in [1.165, 1.54) is 0 Å². The molecule has 22 heavy (non-hydrogen) atoms. The molecule has 6 heteroatoms. The number of nitrogens with one attached hydrogen (secondary N) is 1. The summed E-state index contributed by atoms with van der Waals surface area (Å²) in [4.78, 5) is 12.1. The molecular formula is C16H19N3O3. The van der Waals surface area contributed by atoms with Crippen LogP contribution in [0.3, 0.4) is 0 Å². The molecular weight excluding hydrogens is 282 g/mol. The summed E-state index contributed by atoms with van der Waals surface area (Å²) in [6.45, 7) is 1.38. The van der Waals surface area contributed by atoms with Crippen LogP contribution in [-0.4, -0.2) is 35.0 Å². The molecule has 0 aliphatic carbocycles. The van der Waals surface area contributed by atoms with Gasteiger partial charge in [-0.3, -0.25) is 9.48 Å². The van der Waals surface area contributed by atoms with E-state index in [2.05, 4.69) is 10.4 Å². The summed E-state index contributed by atoms with van der Waals surface area (Å²) in [7, 11) is 1.80. The molecule has 1 N–H and O–H groups in total. The molecule has 1 amide bonds. The van der Waals surface area contributed by atoms with Crippen molar-refractivity contribution in [2.75, 3.05) is 18.5 Å². The van der Waals surface area contributed by atoms with E-state index >= 15 is 0 Å². The molecule has 3 rings (SSSR count). The first-order valence-electron chi connectivity index (χ1n) is 7.35. The minimum atomic E-state index is -0.168. The lowest BCUT2D eigenvalue weighted by Crippen LogP contribution is -2.16. The largest absolute Gasteiger partial charge is 0.491 e. The van der Waals surface area contributed by atoms with Gasteiger partial charge >= 0.3 is 0 Å². The van der Waals surface area contributed by atoms with Gasteiger partial charge < -0.3 is 14.8 Å². The third kappa shape index (κ3) is 3.65. The molecule has 0 saturated carbocycles. The maximum Gasteiger partial charge on any atom is 0.255 e. The van der Waals surface area contributed by atoms with Crippen LogP contribution in [0.2, 0.25) is 0 Å². The zero-order chi connectivity index (χ0) is 15.4. The van der Waals surface area contributed by atoms with Gasteiger partial charge in [0.1, 0.15) is 12.4 Å². The van der Waals surface area contributed by atoms with Crippen molar-refractivity contribution < 1.29 is 14.3 Å². The number of hydrogen-bond donors (Lipinski definition) is 1. The highest BCUT2D eigenvalue weighted by molar-refractivity contribution is 6.04. The summed E-state index contributed by atoms with van der Waals surface area (Å²) in [5.41, 5.74) is 1.25. The molecule has 0 unspecified atom stereocenters. The summed E-state index contributed by atoms with van der Waals surface area (Å²) in [5.74, 6) is 0.576. The molecule has 0 radical (unpaired) electrons. The van der Waals surface area contributed by atoms with E-state index in [1.54, 1.807) is 48.4 Å². The average Bonchev–Trinajstić information content (AvgIpc) is 3.17. The van der Waals surface area contributed by atoms with Crippen LogP contribution in [0.15, 0.2) is 36.7 Å². The van der Waals surface area contributed by atoms with Gasteiger partial charge in [-0.25, -0.2) is 0 Å². The van der Waals surface area contributed by atoms with E-state index in [0.717, 1.165) is 25.2 Å². The molecule has 1 atom stereocenters. The van der Waals surface area contributed by atoms with E-state index in [0.29, 0.717) is 17.9 Å². The monoisotopic (exact) mass is 301 g/mol. The fourth-order valence-corrected chi connectivity index (χ4v) is 2.36. The Labute approximate surface area is 129 Å². The van der Waals surface area contributed by atoms with Crippen molar-refractivity contribution >= 4 is 11.6 Å². The van der Waals surface area contributed by atoms with Crippen LogP contribution < -0.4 is 10.1 Å². The fraction of sp³-hybridized carbons (Fsp3) is 0.375. The van der Waals surface area contributed by atoms with Crippen molar-refractivity contribution in [1.29, 1.82) is 0 Å². The van der Waals surface area contributed by atoms with Crippen molar-refractivity contribution in [3.05, 3.63) is 42.2 Å². The number of carbonyl (C=O) groups excluding carboxylic acids is 1. The predicted octanol–water partition coefficient (Wildman–Crippen LogP) is 2.23. The molecule has 2 heterocycles. The summed E-state index contributed by atoms with van der Waals surface area (Å²) in [6, 6.07) is 7.09. The lowest BCUT2D eigenvalue weighted by Gasteiger charge is -2.11. The minimum absolute atomic E-state index is 0.168. The van der Waals surface area contributed by atoms with Gasteiger partial charge in [-0.2, -0.15) is 5.10 Å². The molecule has 1 saturated heterocycles. The number of nitrogens with zero attached hydrogens (tertiary/aromatic N) is 2. The Morgan fingerprint density at radius 3 is 2.91 bits per heavy atom. The average molecular weight is 301 g/mol. The van der Waals surface area contributed by atoms with Crippen LogP contribution in [0.5, 0.6) is 5.75 Å². The third-order valence-corrected chi connectivity index (χ3v) is 3.54. The second kappa shape index (κ2) is 6.62. The Kier molecular flexibility index (Phi) is 4.39. The standard InChI is InChI=1S/C16H19N3O3/c1-19-10-13(9-17-19)18-16(20)12-4-6-14(7-5-12)22-11-15-3-2-8-21-15/h4-7,9-10,15H,2-3,8,11H2,1H3,(H,18,20)/t15-/m0/s1. The Balaban J connectivity index is 1.54. The van der Waals surface area contributed by atoms with Crippen LogP contribution in [0.1, 0.15) is 23.2 Å². The van der Waals surface area contributed by atoms with Crippen molar-refractivity contribution in [3.8, 4) is 5.75 Å². The topological polar surface area (TPSA) is 65.4 Å². The van der Waals surface area contributed by atoms with Gasteiger partial charge in [0, 0.05) is 25.4 Å². The molecule has 0 spiro atoms. The lowest BCUT2D eigenvalue weighted by atomic mass is 10.2. The Morgan fingerprint density at radius 2 is 2.27 bits per heavy atom. The third-order valence-electron chi connectivity index (χ3n) is 3.54. The first-order chi connectivity index (χ1) is 10.7. The smallest absolute Gasteiger partial charge is 0.255 e. The van der Waals surface area contributed by atoms with Crippen LogP contribution in [0, 0.1) is 0 Å². The van der Waals surface area contributed by atoms with Gasteiger partial charge in [-0.05, 0) is 37.1 Å². The second-order valence-electron chi connectivity index (χ2n) is 5.33. The molecule has 1 aromatic carbocycles. The zero-order valence-corrected chi connectivity index (χ0v) is 12.5. The zero-order valence-electron chi connectivity index (χ0n) is 12.5. The summed E-state index contributed by atoms with van der Waals surface area (Å²) >= 11 is 0. The van der Waals surface area contributed by atoms with Crippen molar-refractivity contribution in [2.45, 2.75) is 18.9 Å². The van der Waals surface area contributed by atoms with E-state index in [9.17, 15) is 4.79 Å². The van der Waals surface area contributed by atoms with Gasteiger partial charge in [0.15, 0.2) is 0 Å². The summed E-state index contributed by atoms with van der Waals surface area (Å²) < 4.78 is 12.8. The maximum atomic E-state index is 12.1. The van der Waals surface area contributed by atoms with Crippen molar-refractivity contribution in [1.82, 2.24) is 9.78 Å². The molecule has 0 bridgehead atoms. The van der Waals surface area contributed by atoms with Gasteiger partial charge in [-0.1, -0.05) is 0 Å². The minimum Gasteiger partial charge on any atom is -0.491 e. The Bertz CT molecular complexity index is 630. The number of carbonyl (C=O) groups is 1. The van der Waals surface area contributed by atoms with Crippen LogP contribution >= 0.6 is 0 Å². The normalized spacial score (nSPS) is 17.4. The fourth-order valence-electron chi connectivity index (χ4n) is 2.36. The predicted molar refractivity (Wildman–Crippen MR) is 82.1 cm³/mol. The van der Waals surface area contributed by atoms with Crippen LogP contribution in [0.4, 0.5) is 5.69 Å². The quantitative estimate of drug-likeness (QED) is 0.919. The van der Waals surface area contributed by atoms with E-state index in [4.69, 9.17) is 9.47 Å². The molecule has 1 aliphatic rings. The van der Waals surface area contributed by atoms with Crippen LogP contribution in [0.25, 0.3) is 0 Å². The van der Waals surface area contributed by atoms with Gasteiger partial charge in [0.25, 0.3) is 5.91 Å². The number of rotatable bonds is 5. The highest BCUT2D eigenvalue weighted by Crippen LogP contribution is 2.17. The number of ether oxygens (including phenoxy) is 2. The Morgan fingerprint density at radius 1 is 1.45 bits per heavy atom. The highest BCUT2D eigenvalue weighted by Gasteiger charge is 2.16. The molecule has 6 nitrogen and oxygen atoms in total. The summed E-state index contributed by atoms with van der Waals surface area (Å²) in [6.07, 6.45) is 5.69. The van der Waals surface area contributed by atoms with Gasteiger partial charge in [0.2, 0.25) is 0 Å². The maximum absolute atomic E-state index is 12.1. The van der Waals surface area contributed by atoms with Gasteiger partial charge in [0.05, 0.1) is 18.0 Å². The Hall–Kier alpha value is -2.34. The van der Waals surface area contributed by atoms with Crippen molar-refractivity contribution in [2.24, 2.45) is 7.05 Å². The second-order valence-corrected chi connectivity index (χ2v) is 5.33. The molecule has 2 aromatic rings. The molecule has 1 fully saturated rings. The summed E-state index contributed by atoms with van der Waals surface area (Å²) in [5, 5.41) is 6.80. The van der Waals surface area contributed by atoms with E-state index in [-0.39, 0.29) is 12.0 Å². The number of aromatic nitrogens is 2. The SMILES string of the molecule is Cn1cc(NC(=O)c2ccc(OC[C@@H]3CCCO3)cc2)cn1. The van der Waals surface area contributed by atoms with Crippen LogP contribution in [-0.2, 0) is 11.8 Å². The highest BCUT2D eigenvalue weighted by atomic mass is 16.5. The lowest BCUT2D eigenvalue weighted by molar-refractivity contribution is 0.0679.